The lowest BCUT2D eigenvalue weighted by molar-refractivity contribution is 0.241. The highest BCUT2D eigenvalue weighted by molar-refractivity contribution is 5.89. The monoisotopic (exact) mass is 313 g/mol. The van der Waals surface area contributed by atoms with E-state index < -0.39 is 17.7 Å². The molecule has 0 aromatic heterocycles. The summed E-state index contributed by atoms with van der Waals surface area (Å²) in [5, 5.41) is 13.7. The third-order valence-electron chi connectivity index (χ3n) is 3.64. The van der Waals surface area contributed by atoms with Gasteiger partial charge in [0.2, 0.25) is 0 Å². The van der Waals surface area contributed by atoms with Gasteiger partial charge in [0.25, 0.3) is 0 Å². The van der Waals surface area contributed by atoms with Gasteiger partial charge in [0, 0.05) is 31.4 Å². The number of nitrogens with one attached hydrogen (secondary N) is 2. The minimum atomic E-state index is -0.680. The topological polar surface area (TPSA) is 64.6 Å². The van der Waals surface area contributed by atoms with Crippen molar-refractivity contribution in [3.05, 3.63) is 23.8 Å². The van der Waals surface area contributed by atoms with E-state index >= 15 is 0 Å². The first-order valence-corrected chi connectivity index (χ1v) is 7.43. The number of halogens is 2. The molecule has 0 spiro atoms. The second-order valence-electron chi connectivity index (χ2n) is 5.49. The van der Waals surface area contributed by atoms with Crippen LogP contribution in [0.2, 0.25) is 0 Å². The predicted molar refractivity (Wildman–Crippen MR) is 81.1 cm³/mol. The van der Waals surface area contributed by atoms with Crippen LogP contribution in [0.5, 0.6) is 0 Å². The van der Waals surface area contributed by atoms with Crippen LogP contribution >= 0.6 is 0 Å². The van der Waals surface area contributed by atoms with Crippen LogP contribution in [0.3, 0.4) is 0 Å². The molecule has 0 aliphatic carbocycles. The Labute approximate surface area is 128 Å². The van der Waals surface area contributed by atoms with Crippen molar-refractivity contribution in [2.45, 2.75) is 32.2 Å². The van der Waals surface area contributed by atoms with Gasteiger partial charge in [-0.2, -0.15) is 0 Å². The van der Waals surface area contributed by atoms with Crippen LogP contribution in [0.25, 0.3) is 0 Å². The zero-order chi connectivity index (χ0) is 16.1. The van der Waals surface area contributed by atoms with Gasteiger partial charge in [0.05, 0.1) is 0 Å². The van der Waals surface area contributed by atoms with Crippen molar-refractivity contribution in [1.82, 2.24) is 5.32 Å². The largest absolute Gasteiger partial charge is 0.396 e. The highest BCUT2D eigenvalue weighted by atomic mass is 19.1. The zero-order valence-electron chi connectivity index (χ0n) is 12.5. The summed E-state index contributed by atoms with van der Waals surface area (Å²) in [6.45, 7) is 2.96. The summed E-state index contributed by atoms with van der Waals surface area (Å²) in [6, 6.07) is 1.44. The summed E-state index contributed by atoms with van der Waals surface area (Å²) in [5.41, 5.74) is 0.0313. The van der Waals surface area contributed by atoms with Crippen LogP contribution in [0, 0.1) is 11.6 Å². The van der Waals surface area contributed by atoms with Crippen molar-refractivity contribution >= 4 is 17.4 Å². The molecule has 5 nitrogen and oxygen atoms in total. The van der Waals surface area contributed by atoms with E-state index in [1.165, 1.54) is 0 Å². The normalized spacial score (nSPS) is 15.7. The van der Waals surface area contributed by atoms with Crippen molar-refractivity contribution in [2.24, 2.45) is 0 Å². The van der Waals surface area contributed by atoms with E-state index in [4.69, 9.17) is 5.11 Å². The standard InChI is InChI=1S/C15H21F2N3O2/c1-10(4-7-21)18-15(22)19-11-8-12(16)14(13(17)9-11)20-5-2-3-6-20/h8-10,21H,2-7H2,1H3,(H2,18,19,22)/t10-/m1/s1. The number of benzene rings is 1. The highest BCUT2D eigenvalue weighted by Crippen LogP contribution is 2.29. The molecule has 3 N–H and O–H groups in total. The molecule has 0 unspecified atom stereocenters. The van der Waals surface area contributed by atoms with Crippen molar-refractivity contribution in [2.75, 3.05) is 29.9 Å². The fourth-order valence-corrected chi connectivity index (χ4v) is 2.54. The number of carbonyl (C=O) groups is 1. The molecule has 0 saturated carbocycles. The molecular formula is C15H21F2N3O2. The fraction of sp³-hybridized carbons (Fsp3) is 0.533. The molecule has 0 bridgehead atoms. The molecule has 7 heteroatoms. The summed E-state index contributed by atoms with van der Waals surface area (Å²) < 4.78 is 28.2. The van der Waals surface area contributed by atoms with Crippen LogP contribution in [0.1, 0.15) is 26.2 Å². The number of urea groups is 1. The maximum atomic E-state index is 14.1. The number of anilines is 2. The minimum absolute atomic E-state index is 0.0305. The van der Waals surface area contributed by atoms with Gasteiger partial charge >= 0.3 is 6.03 Å². The lowest BCUT2D eigenvalue weighted by atomic mass is 10.2. The molecule has 1 aromatic rings. The maximum Gasteiger partial charge on any atom is 0.319 e. The van der Waals surface area contributed by atoms with Crippen molar-refractivity contribution in [1.29, 1.82) is 0 Å². The van der Waals surface area contributed by atoms with Crippen LogP contribution in [0.4, 0.5) is 25.0 Å². The fourth-order valence-electron chi connectivity index (χ4n) is 2.54. The van der Waals surface area contributed by atoms with Gasteiger partial charge < -0.3 is 20.6 Å². The molecule has 2 amide bonds. The number of hydrogen-bond acceptors (Lipinski definition) is 3. The second-order valence-corrected chi connectivity index (χ2v) is 5.49. The van der Waals surface area contributed by atoms with E-state index in [0.717, 1.165) is 25.0 Å². The zero-order valence-corrected chi connectivity index (χ0v) is 12.5. The third kappa shape index (κ3) is 4.07. The van der Waals surface area contributed by atoms with E-state index in [1.54, 1.807) is 11.8 Å². The Kier molecular flexibility index (Phi) is 5.54. The molecule has 1 atom stereocenters. The lowest BCUT2D eigenvalue weighted by Crippen LogP contribution is -2.36. The highest BCUT2D eigenvalue weighted by Gasteiger charge is 2.21. The number of amides is 2. The molecule has 1 aromatic carbocycles. The first-order chi connectivity index (χ1) is 10.5. The molecular weight excluding hydrogens is 292 g/mol. The summed E-state index contributed by atoms with van der Waals surface area (Å²) in [5.74, 6) is -1.36. The summed E-state index contributed by atoms with van der Waals surface area (Å²) in [7, 11) is 0. The van der Waals surface area contributed by atoms with Gasteiger partial charge in [-0.15, -0.1) is 0 Å². The van der Waals surface area contributed by atoms with Crippen LogP contribution in [0.15, 0.2) is 12.1 Å². The average Bonchev–Trinajstić information content (AvgIpc) is 2.91. The molecule has 0 radical (unpaired) electrons. The molecule has 1 aliphatic heterocycles. The van der Waals surface area contributed by atoms with Crippen LogP contribution in [-0.4, -0.2) is 36.9 Å². The van der Waals surface area contributed by atoms with Crippen LogP contribution in [-0.2, 0) is 0 Å². The summed E-state index contributed by atoms with van der Waals surface area (Å²) in [6.07, 6.45) is 2.25. The Hall–Kier alpha value is -1.89. The van der Waals surface area contributed by atoms with E-state index in [1.807, 2.05) is 0 Å². The molecule has 2 rings (SSSR count). The SMILES string of the molecule is C[C@H](CCO)NC(=O)Nc1cc(F)c(N2CCCC2)c(F)c1. The molecule has 1 fully saturated rings. The number of rotatable bonds is 5. The van der Waals surface area contributed by atoms with Gasteiger partial charge in [0.15, 0.2) is 11.6 Å². The van der Waals surface area contributed by atoms with Gasteiger partial charge in [-0.3, -0.25) is 0 Å². The number of nitrogens with zero attached hydrogens (tertiary/aromatic N) is 1. The Morgan fingerprint density at radius 3 is 2.45 bits per heavy atom. The van der Waals surface area contributed by atoms with Crippen molar-refractivity contribution in [3.8, 4) is 0 Å². The number of aliphatic hydroxyl groups is 1. The van der Waals surface area contributed by atoms with Gasteiger partial charge in [-0.1, -0.05) is 0 Å². The van der Waals surface area contributed by atoms with E-state index in [0.29, 0.717) is 19.5 Å². The van der Waals surface area contributed by atoms with Crippen molar-refractivity contribution in [3.63, 3.8) is 0 Å². The Morgan fingerprint density at radius 2 is 1.91 bits per heavy atom. The Balaban J connectivity index is 2.05. The molecule has 22 heavy (non-hydrogen) atoms. The lowest BCUT2D eigenvalue weighted by Gasteiger charge is -2.20. The molecule has 1 heterocycles. The maximum absolute atomic E-state index is 14.1. The Bertz CT molecular complexity index is 511. The predicted octanol–water partition coefficient (Wildman–Crippen LogP) is 2.46. The van der Waals surface area contributed by atoms with Gasteiger partial charge in [-0.05, 0) is 38.3 Å². The van der Waals surface area contributed by atoms with E-state index in [-0.39, 0.29) is 24.0 Å². The van der Waals surface area contributed by atoms with Gasteiger partial charge in [0.1, 0.15) is 5.69 Å². The van der Waals surface area contributed by atoms with E-state index in [2.05, 4.69) is 10.6 Å². The number of hydrogen-bond donors (Lipinski definition) is 3. The molecule has 122 valence electrons. The quantitative estimate of drug-likeness (QED) is 0.782. The second kappa shape index (κ2) is 7.40. The summed E-state index contributed by atoms with van der Waals surface area (Å²) >= 11 is 0. The third-order valence-corrected chi connectivity index (χ3v) is 3.64. The summed E-state index contributed by atoms with van der Waals surface area (Å²) in [4.78, 5) is 13.4. The minimum Gasteiger partial charge on any atom is -0.396 e. The van der Waals surface area contributed by atoms with E-state index in [9.17, 15) is 13.6 Å². The first kappa shape index (κ1) is 16.5. The molecule has 1 aliphatic rings. The van der Waals surface area contributed by atoms with Gasteiger partial charge in [-0.25, -0.2) is 13.6 Å². The number of carbonyl (C=O) groups excluding carboxylic acids is 1. The molecule has 1 saturated heterocycles. The first-order valence-electron chi connectivity index (χ1n) is 7.43. The average molecular weight is 313 g/mol. The van der Waals surface area contributed by atoms with Crippen molar-refractivity contribution < 1.29 is 18.7 Å². The smallest absolute Gasteiger partial charge is 0.319 e. The number of aliphatic hydroxyl groups excluding tert-OH is 1. The van der Waals surface area contributed by atoms with Crippen LogP contribution < -0.4 is 15.5 Å². The Morgan fingerprint density at radius 1 is 1.32 bits per heavy atom.